The Hall–Kier alpha value is -2.91. The molecule has 0 bridgehead atoms. The molecular weight excluding hydrogens is 466 g/mol. The van der Waals surface area contributed by atoms with Gasteiger partial charge in [0.2, 0.25) is 0 Å². The minimum absolute atomic E-state index is 0.0692. The number of hydrogen-bond donors (Lipinski definition) is 3. The molecule has 1 atom stereocenters. The van der Waals surface area contributed by atoms with Crippen LogP contribution in [0.3, 0.4) is 0 Å². The van der Waals surface area contributed by atoms with Crippen LogP contribution in [-0.2, 0) is 20.9 Å². The van der Waals surface area contributed by atoms with Crippen molar-refractivity contribution in [3.63, 3.8) is 0 Å². The molecule has 0 aliphatic carbocycles. The number of nitrogens with one attached hydrogen (secondary N) is 2. The predicted molar refractivity (Wildman–Crippen MR) is 121 cm³/mol. The van der Waals surface area contributed by atoms with Crippen LogP contribution in [-0.4, -0.2) is 41.6 Å². The lowest BCUT2D eigenvalue weighted by Gasteiger charge is -2.22. The molecule has 31 heavy (non-hydrogen) atoms. The lowest BCUT2D eigenvalue weighted by molar-refractivity contribution is -0.124. The second-order valence-electron chi connectivity index (χ2n) is 7.64. The summed E-state index contributed by atoms with van der Waals surface area (Å²) in [5.74, 6) is -0.466. The van der Waals surface area contributed by atoms with E-state index in [9.17, 15) is 14.7 Å². The van der Waals surface area contributed by atoms with Crippen LogP contribution in [0.2, 0.25) is 0 Å². The molecule has 2 aromatic rings. The molecule has 0 aliphatic heterocycles. The third kappa shape index (κ3) is 9.18. The van der Waals surface area contributed by atoms with Crippen molar-refractivity contribution in [1.29, 1.82) is 0 Å². The Balaban J connectivity index is 1.98. The zero-order valence-corrected chi connectivity index (χ0v) is 19.2. The van der Waals surface area contributed by atoms with Crippen LogP contribution in [0.4, 0.5) is 4.79 Å². The zero-order valence-electron chi connectivity index (χ0n) is 17.6. The summed E-state index contributed by atoms with van der Waals surface area (Å²) >= 11 is 3.21. The number of ether oxygens (including phenoxy) is 2. The van der Waals surface area contributed by atoms with Crippen LogP contribution >= 0.6 is 15.9 Å². The fraction of sp³-hybridized carbons (Fsp3) is 0.318. The van der Waals surface area contributed by atoms with Gasteiger partial charge >= 0.3 is 6.09 Å². The van der Waals surface area contributed by atoms with E-state index in [2.05, 4.69) is 31.8 Å². The molecule has 9 heteroatoms. The first-order valence-corrected chi connectivity index (χ1v) is 10.4. The Labute approximate surface area is 189 Å². The number of nitrogens with zero attached hydrogens (tertiary/aromatic N) is 1. The SMILES string of the molecule is CC(C)(C)OC(=O)N[C@@H](COCc1ccccc1)C(=O)N/N=C\c1ccc(O)c(Br)c1. The highest BCUT2D eigenvalue weighted by atomic mass is 79.9. The monoisotopic (exact) mass is 491 g/mol. The fourth-order valence-electron chi connectivity index (χ4n) is 2.35. The minimum atomic E-state index is -1.01. The molecule has 0 saturated carbocycles. The normalized spacial score (nSPS) is 12.4. The maximum Gasteiger partial charge on any atom is 0.408 e. The highest BCUT2D eigenvalue weighted by Gasteiger charge is 2.24. The number of phenolic OH excluding ortho intramolecular Hbond substituents is 1. The van der Waals surface area contributed by atoms with Crippen LogP contribution in [0, 0.1) is 0 Å². The standard InChI is InChI=1S/C22H26BrN3O5/c1-22(2,3)31-21(29)25-18(14-30-13-15-7-5-4-6-8-15)20(28)26-24-12-16-9-10-19(27)17(23)11-16/h4-12,18,27H,13-14H2,1-3H3,(H,25,29)(H,26,28)/b24-12-/t18-/m0/s1. The van der Waals surface area contributed by atoms with Crippen LogP contribution in [0.25, 0.3) is 0 Å². The average molecular weight is 492 g/mol. The van der Waals surface area contributed by atoms with Crippen molar-refractivity contribution >= 4 is 34.1 Å². The van der Waals surface area contributed by atoms with Crippen molar-refractivity contribution in [2.24, 2.45) is 5.10 Å². The van der Waals surface area contributed by atoms with Crippen molar-refractivity contribution in [2.75, 3.05) is 6.61 Å². The molecule has 0 spiro atoms. The maximum atomic E-state index is 12.6. The molecule has 0 unspecified atom stereocenters. The van der Waals surface area contributed by atoms with Gasteiger partial charge in [0.15, 0.2) is 0 Å². The van der Waals surface area contributed by atoms with Gasteiger partial charge in [0.1, 0.15) is 17.4 Å². The first kappa shape index (κ1) is 24.4. The van der Waals surface area contributed by atoms with Gasteiger partial charge in [-0.3, -0.25) is 4.79 Å². The molecule has 166 valence electrons. The number of aromatic hydroxyl groups is 1. The molecule has 0 aromatic heterocycles. The minimum Gasteiger partial charge on any atom is -0.507 e. The summed E-state index contributed by atoms with van der Waals surface area (Å²) in [6.07, 6.45) is 0.680. The summed E-state index contributed by atoms with van der Waals surface area (Å²) in [6.45, 7) is 5.40. The summed E-state index contributed by atoms with van der Waals surface area (Å²) < 4.78 is 11.3. The lowest BCUT2D eigenvalue weighted by atomic mass is 10.2. The van der Waals surface area contributed by atoms with Crippen molar-refractivity contribution in [2.45, 2.75) is 39.0 Å². The maximum absolute atomic E-state index is 12.6. The second kappa shape index (κ2) is 11.5. The number of alkyl carbamates (subject to hydrolysis) is 1. The molecule has 0 heterocycles. The highest BCUT2D eigenvalue weighted by Crippen LogP contribution is 2.23. The van der Waals surface area contributed by atoms with E-state index in [1.165, 1.54) is 12.3 Å². The van der Waals surface area contributed by atoms with Crippen molar-refractivity contribution < 1.29 is 24.2 Å². The number of amides is 2. The first-order chi connectivity index (χ1) is 14.6. The number of carbonyl (C=O) groups is 2. The van der Waals surface area contributed by atoms with Gasteiger partial charge in [0.25, 0.3) is 5.91 Å². The van der Waals surface area contributed by atoms with E-state index in [-0.39, 0.29) is 19.0 Å². The van der Waals surface area contributed by atoms with Gasteiger partial charge in [-0.25, -0.2) is 10.2 Å². The van der Waals surface area contributed by atoms with Crippen molar-refractivity contribution in [3.05, 3.63) is 64.1 Å². The Bertz CT molecular complexity index is 913. The smallest absolute Gasteiger partial charge is 0.408 e. The third-order valence-corrected chi connectivity index (χ3v) is 4.40. The summed E-state index contributed by atoms with van der Waals surface area (Å²) in [4.78, 5) is 24.7. The molecule has 0 radical (unpaired) electrons. The van der Waals surface area contributed by atoms with Crippen LogP contribution in [0.15, 0.2) is 58.1 Å². The number of hydrazone groups is 1. The van der Waals surface area contributed by atoms with Gasteiger partial charge in [-0.1, -0.05) is 30.3 Å². The predicted octanol–water partition coefficient (Wildman–Crippen LogP) is 3.71. The molecule has 2 aromatic carbocycles. The molecule has 0 fully saturated rings. The van der Waals surface area contributed by atoms with E-state index in [0.717, 1.165) is 5.56 Å². The number of halogens is 1. The highest BCUT2D eigenvalue weighted by molar-refractivity contribution is 9.10. The van der Waals surface area contributed by atoms with Gasteiger partial charge in [-0.2, -0.15) is 5.10 Å². The van der Waals surface area contributed by atoms with Gasteiger partial charge in [0.05, 0.1) is 23.9 Å². The van der Waals surface area contributed by atoms with Crippen LogP contribution in [0.1, 0.15) is 31.9 Å². The number of rotatable bonds is 8. The van der Waals surface area contributed by atoms with Gasteiger partial charge in [0, 0.05) is 0 Å². The molecule has 0 saturated heterocycles. The van der Waals surface area contributed by atoms with Gasteiger partial charge in [-0.05, 0) is 66.0 Å². The summed E-state index contributed by atoms with van der Waals surface area (Å²) in [6, 6.07) is 13.2. The molecule has 2 rings (SSSR count). The molecule has 2 amide bonds. The lowest BCUT2D eigenvalue weighted by Crippen LogP contribution is -2.49. The Kier molecular flexibility index (Phi) is 9.02. The average Bonchev–Trinajstić information content (AvgIpc) is 2.69. The fourth-order valence-corrected chi connectivity index (χ4v) is 2.75. The van der Waals surface area contributed by atoms with Crippen LogP contribution < -0.4 is 10.7 Å². The Morgan fingerprint density at radius 1 is 1.19 bits per heavy atom. The third-order valence-electron chi connectivity index (χ3n) is 3.76. The van der Waals surface area contributed by atoms with Gasteiger partial charge < -0.3 is 19.9 Å². The summed E-state index contributed by atoms with van der Waals surface area (Å²) in [5, 5.41) is 16.0. The largest absolute Gasteiger partial charge is 0.507 e. The quantitative estimate of drug-likeness (QED) is 0.385. The van der Waals surface area contributed by atoms with E-state index in [1.807, 2.05) is 30.3 Å². The summed E-state index contributed by atoms with van der Waals surface area (Å²) in [7, 11) is 0. The number of carbonyl (C=O) groups excluding carboxylic acids is 2. The number of benzene rings is 2. The van der Waals surface area contributed by atoms with Crippen LogP contribution in [0.5, 0.6) is 5.75 Å². The second-order valence-corrected chi connectivity index (χ2v) is 8.50. The van der Waals surface area contributed by atoms with E-state index < -0.39 is 23.6 Å². The van der Waals surface area contributed by atoms with E-state index in [1.54, 1.807) is 32.9 Å². The van der Waals surface area contributed by atoms with E-state index >= 15 is 0 Å². The molecule has 0 aliphatic rings. The van der Waals surface area contributed by atoms with Crippen molar-refractivity contribution in [3.8, 4) is 5.75 Å². The van der Waals surface area contributed by atoms with E-state index in [4.69, 9.17) is 9.47 Å². The molecule has 3 N–H and O–H groups in total. The number of hydrogen-bond acceptors (Lipinski definition) is 6. The number of phenols is 1. The van der Waals surface area contributed by atoms with Crippen molar-refractivity contribution in [1.82, 2.24) is 10.7 Å². The summed E-state index contributed by atoms with van der Waals surface area (Å²) in [5.41, 5.74) is 3.27. The Morgan fingerprint density at radius 3 is 2.55 bits per heavy atom. The zero-order chi connectivity index (χ0) is 22.9. The molecule has 8 nitrogen and oxygen atoms in total. The Morgan fingerprint density at radius 2 is 1.90 bits per heavy atom. The topological polar surface area (TPSA) is 109 Å². The van der Waals surface area contributed by atoms with Gasteiger partial charge in [-0.15, -0.1) is 0 Å². The van der Waals surface area contributed by atoms with E-state index in [0.29, 0.717) is 10.0 Å². The molecular formula is C22H26BrN3O5. The first-order valence-electron chi connectivity index (χ1n) is 9.56.